The maximum atomic E-state index is 13.1. The van der Waals surface area contributed by atoms with Crippen molar-refractivity contribution in [2.45, 2.75) is 105 Å². The van der Waals surface area contributed by atoms with E-state index in [4.69, 9.17) is 0 Å². The Balaban J connectivity index is 0.00000576. The summed E-state index contributed by atoms with van der Waals surface area (Å²) in [4.78, 5) is 26.0. The number of anilines is 1. The zero-order chi connectivity index (χ0) is 50.6. The van der Waals surface area contributed by atoms with E-state index in [2.05, 4.69) is 5.32 Å². The van der Waals surface area contributed by atoms with Crippen LogP contribution in [-0.4, -0.2) is 133 Å². The number of allylic oxidation sites excluding steroid dienone is 5. The normalized spacial score (nSPS) is 20.2. The van der Waals surface area contributed by atoms with Gasteiger partial charge in [-0.3, -0.25) is 4.79 Å². The Morgan fingerprint density at radius 2 is 1.44 bits per heavy atom. The predicted molar refractivity (Wildman–Crippen MR) is 256 cm³/mol. The Hall–Kier alpha value is -0.590. The van der Waals surface area contributed by atoms with Gasteiger partial charge in [0.1, 0.15) is 32.8 Å². The van der Waals surface area contributed by atoms with Gasteiger partial charge in [-0.1, -0.05) is 31.6 Å². The largest absolute Gasteiger partial charge is 1.00 e. The van der Waals surface area contributed by atoms with E-state index in [0.29, 0.717) is 58.9 Å². The van der Waals surface area contributed by atoms with Crippen LogP contribution >= 0.6 is 23.5 Å². The quantitative estimate of drug-likeness (QED) is 0.0638. The van der Waals surface area contributed by atoms with Crippen molar-refractivity contribution in [2.24, 2.45) is 5.92 Å². The Kier molecular flexibility index (Phi) is 25.4. The third kappa shape index (κ3) is 17.7. The molecule has 2 aromatic rings. The van der Waals surface area contributed by atoms with Gasteiger partial charge in [0, 0.05) is 76.4 Å². The van der Waals surface area contributed by atoms with E-state index >= 15 is 0 Å². The number of rotatable bonds is 22. The van der Waals surface area contributed by atoms with Gasteiger partial charge in [-0.15, -0.1) is 0 Å². The van der Waals surface area contributed by atoms with Crippen molar-refractivity contribution in [3.8, 4) is 0 Å². The third-order valence-corrected chi connectivity index (χ3v) is 17.8. The standard InChI is InChI=1S/C44H59N3O15S6.3Na/c1-43(2)33-27-31(67(57,58)59)13-15-36(33)46(21-7-25-65(51,52)53)38(43)17-11-29-9-6-10-30(41(29)64-24-20-40(48)45-35(42(49)50)19-23-63-5)12-18-39-44(3,4)34-28-32(68(60,61)62)14-16-37(34)47(39)22-8-26-66(54,55)56;;;/h11-18,27-29,35,41H,6-10,19-26H2,1-5H3,(H5-,45,48,49,50,51,52,53,54,55,56,57,58,59,60,61,62);;;/q;3*+1/p-3/b17-11+,30-12+,39-18+;;;/t29?,35-,41?;;;/m1.../s1. The predicted octanol–water partition coefficient (Wildman–Crippen LogP) is -4.47. The number of nitrogens with zero attached hydrogens (tertiary/aromatic N) is 2. The van der Waals surface area contributed by atoms with Gasteiger partial charge in [-0.05, 0) is 106 Å². The van der Waals surface area contributed by atoms with Gasteiger partial charge in [0.25, 0.3) is 0 Å². The summed E-state index contributed by atoms with van der Waals surface area (Å²) < 4.78 is 144. The first-order valence-electron chi connectivity index (χ1n) is 21.7. The first kappa shape index (κ1) is 66.5. The smallest absolute Gasteiger partial charge is 0.748 e. The van der Waals surface area contributed by atoms with Crippen molar-refractivity contribution in [3.63, 3.8) is 0 Å². The van der Waals surface area contributed by atoms with Crippen molar-refractivity contribution in [3.05, 3.63) is 83.1 Å². The number of fused-ring (bicyclic) bond motifs is 2. The summed E-state index contributed by atoms with van der Waals surface area (Å²) in [6, 6.07) is 6.86. The summed E-state index contributed by atoms with van der Waals surface area (Å²) in [5.41, 5.74) is 2.44. The van der Waals surface area contributed by atoms with E-state index in [0.717, 1.165) is 5.57 Å². The van der Waals surface area contributed by atoms with Crippen LogP contribution in [0.1, 0.15) is 83.8 Å². The number of nitrogens with one attached hydrogen (secondary N) is 1. The molecular weight excluding hydrogens is 1070 g/mol. The SMILES string of the molecule is CSCC[C@@H](NC(=O)CCSC1/C(=C/C=C2/N(CCCS(=O)(=O)[O-])c3ccc(S(=O)(=O)[O-])cc3C2(C)C)CCCC1/C=C/C1=[N+](CCCS(=O)(=O)[O-])c2ccc(S(=O)(=O)[O-])cc2C1(C)C)C(=O)O.[Na+].[Na+].[Na+]. The number of benzene rings is 2. The van der Waals surface area contributed by atoms with Gasteiger partial charge in [0.15, 0.2) is 5.71 Å². The number of amides is 1. The summed E-state index contributed by atoms with van der Waals surface area (Å²) in [5, 5.41) is 12.0. The maximum Gasteiger partial charge on any atom is 1.00 e. The average molecular weight is 1130 g/mol. The maximum absolute atomic E-state index is 13.1. The number of thioether (sulfide) groups is 2. The molecule has 2 aromatic carbocycles. The van der Waals surface area contributed by atoms with Crippen LogP contribution in [0.25, 0.3) is 0 Å². The van der Waals surface area contributed by atoms with Crippen molar-refractivity contribution in [2.75, 3.05) is 47.3 Å². The minimum atomic E-state index is -4.84. The second kappa shape index (κ2) is 27.1. The Labute approximate surface area is 493 Å². The molecule has 0 bridgehead atoms. The summed E-state index contributed by atoms with van der Waals surface area (Å²) in [6.45, 7) is 7.46. The molecule has 2 N–H and O–H groups in total. The van der Waals surface area contributed by atoms with Crippen LogP contribution in [-0.2, 0) is 60.9 Å². The summed E-state index contributed by atoms with van der Waals surface area (Å²) >= 11 is 2.93. The molecule has 2 heterocycles. The Morgan fingerprint density at radius 3 is 2.01 bits per heavy atom. The number of hydrogen-bond acceptors (Lipinski definition) is 17. The molecule has 0 radical (unpaired) electrons. The van der Waals surface area contributed by atoms with Gasteiger partial charge < -0.3 is 33.5 Å². The van der Waals surface area contributed by atoms with E-state index in [1.165, 1.54) is 59.9 Å². The first-order valence-corrected chi connectivity index (χ1v) is 30.1. The molecule has 1 fully saturated rings. The molecule has 5 rings (SSSR count). The fourth-order valence-corrected chi connectivity index (χ4v) is 12.9. The van der Waals surface area contributed by atoms with Gasteiger partial charge >= 0.3 is 94.6 Å². The molecule has 2 aliphatic heterocycles. The van der Waals surface area contributed by atoms with E-state index in [1.807, 2.05) is 58.3 Å². The average Bonchev–Trinajstić information content (AvgIpc) is 3.56. The van der Waals surface area contributed by atoms with Crippen molar-refractivity contribution >= 4 is 93.0 Å². The topological polar surface area (TPSA) is 301 Å². The molecule has 1 amide bonds. The fourth-order valence-electron chi connectivity index (χ4n) is 9.06. The minimum Gasteiger partial charge on any atom is -0.748 e. The molecule has 376 valence electrons. The van der Waals surface area contributed by atoms with Crippen LogP contribution in [0.4, 0.5) is 11.4 Å². The minimum absolute atomic E-state index is 0. The third-order valence-electron chi connectivity index (χ3n) is 12.4. The second-order valence-corrected chi connectivity index (χ2v) is 26.0. The van der Waals surface area contributed by atoms with Crippen LogP contribution in [0.2, 0.25) is 0 Å². The fraction of sp³-hybridized carbons (Fsp3) is 0.523. The molecule has 0 spiro atoms. The zero-order valence-electron chi connectivity index (χ0n) is 41.2. The zero-order valence-corrected chi connectivity index (χ0v) is 52.1. The van der Waals surface area contributed by atoms with Gasteiger partial charge in [0.05, 0.1) is 35.4 Å². The van der Waals surface area contributed by atoms with E-state index in [1.54, 1.807) is 9.48 Å². The number of hydrogen-bond donors (Lipinski definition) is 2. The molecule has 3 aliphatic rings. The van der Waals surface area contributed by atoms with E-state index in [9.17, 15) is 66.6 Å². The molecule has 18 nitrogen and oxygen atoms in total. The molecule has 1 aliphatic carbocycles. The van der Waals surface area contributed by atoms with Crippen molar-refractivity contribution in [1.29, 1.82) is 0 Å². The van der Waals surface area contributed by atoms with Crippen LogP contribution in [0, 0.1) is 5.92 Å². The number of carbonyl (C=O) groups is 2. The van der Waals surface area contributed by atoms with Crippen molar-refractivity contribution < 1.29 is 160 Å². The van der Waals surface area contributed by atoms with Crippen LogP contribution in [0.3, 0.4) is 0 Å². The molecular formula is C44H56N3Na3O15S6. The molecule has 3 atom stereocenters. The number of aliphatic carboxylic acids is 1. The van der Waals surface area contributed by atoms with Crippen molar-refractivity contribution in [1.82, 2.24) is 5.32 Å². The van der Waals surface area contributed by atoms with E-state index in [-0.39, 0.29) is 144 Å². The molecule has 0 aromatic heterocycles. The summed E-state index contributed by atoms with van der Waals surface area (Å²) in [6.07, 6.45) is 11.5. The number of carbonyl (C=O) groups excluding carboxylic acids is 1. The Morgan fingerprint density at radius 1 is 0.845 bits per heavy atom. The Bertz CT molecular complexity index is 2870. The second-order valence-electron chi connectivity index (χ2n) is 17.9. The van der Waals surface area contributed by atoms with Gasteiger partial charge in [0.2, 0.25) is 11.6 Å². The molecule has 0 saturated heterocycles. The van der Waals surface area contributed by atoms with E-state index < -0.39 is 90.5 Å². The molecule has 1 saturated carbocycles. The summed E-state index contributed by atoms with van der Waals surface area (Å²) in [7, 11) is -18.8. The summed E-state index contributed by atoms with van der Waals surface area (Å²) in [5.74, 6) is -2.32. The van der Waals surface area contributed by atoms with Crippen LogP contribution in [0.5, 0.6) is 0 Å². The molecule has 71 heavy (non-hydrogen) atoms. The molecule has 2 unspecified atom stereocenters. The number of carboxylic acid groups (broad SMARTS) is 1. The van der Waals surface area contributed by atoms with Gasteiger partial charge in [-0.2, -0.15) is 28.1 Å². The van der Waals surface area contributed by atoms with Crippen LogP contribution < -0.4 is 98.9 Å². The van der Waals surface area contributed by atoms with Crippen LogP contribution in [0.15, 0.2) is 81.8 Å². The molecule has 27 heteroatoms. The monoisotopic (exact) mass is 1130 g/mol. The number of carboxylic acids is 1. The first-order chi connectivity index (χ1) is 31.5. The van der Waals surface area contributed by atoms with Gasteiger partial charge in [-0.25, -0.2) is 38.5 Å².